The fourth-order valence-corrected chi connectivity index (χ4v) is 3.05. The van der Waals surface area contributed by atoms with Crippen LogP contribution in [0.1, 0.15) is 21.5 Å². The lowest BCUT2D eigenvalue weighted by Gasteiger charge is -2.12. The molecule has 0 aliphatic carbocycles. The van der Waals surface area contributed by atoms with Crippen LogP contribution in [0.2, 0.25) is 0 Å². The molecule has 1 aromatic heterocycles. The lowest BCUT2D eigenvalue weighted by Crippen LogP contribution is -2.12. The highest BCUT2D eigenvalue weighted by atomic mass is 32.2. The summed E-state index contributed by atoms with van der Waals surface area (Å²) >= 11 is -0.238. The van der Waals surface area contributed by atoms with Crippen molar-refractivity contribution in [2.45, 2.75) is 17.3 Å². The number of benzene rings is 2. The van der Waals surface area contributed by atoms with E-state index < -0.39 is 11.4 Å². The lowest BCUT2D eigenvalue weighted by atomic mass is 10.1. The normalized spacial score (nSPS) is 10.9. The Labute approximate surface area is 174 Å². The number of carbonyl (C=O) groups is 1. The quantitative estimate of drug-likeness (QED) is 0.510. The van der Waals surface area contributed by atoms with E-state index in [0.717, 1.165) is 0 Å². The first-order valence-electron chi connectivity index (χ1n) is 8.56. The van der Waals surface area contributed by atoms with E-state index in [1.165, 1.54) is 30.5 Å². The fraction of sp³-hybridized carbons (Fsp3) is 0.0952. The van der Waals surface area contributed by atoms with Crippen LogP contribution in [0.15, 0.2) is 65.7 Å². The number of amides is 1. The fourth-order valence-electron chi connectivity index (χ4n) is 2.51. The van der Waals surface area contributed by atoms with Gasteiger partial charge in [-0.3, -0.25) is 4.79 Å². The maximum Gasteiger partial charge on any atom is 0.446 e. The Morgan fingerprint density at radius 3 is 2.53 bits per heavy atom. The molecule has 30 heavy (non-hydrogen) atoms. The van der Waals surface area contributed by atoms with Gasteiger partial charge in [0.2, 0.25) is 5.88 Å². The third-order valence-electron chi connectivity index (χ3n) is 3.90. The van der Waals surface area contributed by atoms with E-state index in [0.29, 0.717) is 22.6 Å². The van der Waals surface area contributed by atoms with Crippen molar-refractivity contribution in [2.24, 2.45) is 0 Å². The Hall–Kier alpha value is -3.51. The number of aromatic nitrogens is 1. The van der Waals surface area contributed by atoms with Crippen LogP contribution in [0.3, 0.4) is 0 Å². The molecule has 0 aliphatic heterocycles. The number of aryl methyl sites for hydroxylation is 1. The number of pyridine rings is 1. The number of thioether (sulfide) groups is 1. The number of anilines is 1. The second-order valence-electron chi connectivity index (χ2n) is 6.07. The molecule has 0 fully saturated rings. The zero-order valence-electron chi connectivity index (χ0n) is 15.5. The van der Waals surface area contributed by atoms with Crippen molar-refractivity contribution in [1.82, 2.24) is 4.98 Å². The average Bonchev–Trinajstić information content (AvgIpc) is 2.70. The van der Waals surface area contributed by atoms with Gasteiger partial charge in [0.25, 0.3) is 5.91 Å². The van der Waals surface area contributed by atoms with Crippen molar-refractivity contribution >= 4 is 23.4 Å². The highest BCUT2D eigenvalue weighted by molar-refractivity contribution is 8.00. The Morgan fingerprint density at radius 1 is 1.17 bits per heavy atom. The van der Waals surface area contributed by atoms with Crippen molar-refractivity contribution in [3.8, 4) is 17.7 Å². The van der Waals surface area contributed by atoms with E-state index in [1.54, 1.807) is 37.3 Å². The molecule has 0 saturated carbocycles. The molecule has 5 nitrogen and oxygen atoms in total. The van der Waals surface area contributed by atoms with Gasteiger partial charge in [-0.25, -0.2) is 4.98 Å². The number of hydrogen-bond donors (Lipinski definition) is 1. The first kappa shape index (κ1) is 21.2. The summed E-state index contributed by atoms with van der Waals surface area (Å²) in [4.78, 5) is 16.4. The molecule has 2 aromatic carbocycles. The molecular weight excluding hydrogens is 415 g/mol. The Balaban J connectivity index is 1.70. The van der Waals surface area contributed by atoms with Gasteiger partial charge in [-0.15, -0.1) is 0 Å². The lowest BCUT2D eigenvalue weighted by molar-refractivity contribution is -0.0328. The second-order valence-corrected chi connectivity index (χ2v) is 7.21. The van der Waals surface area contributed by atoms with E-state index in [2.05, 4.69) is 10.3 Å². The number of nitriles is 1. The van der Waals surface area contributed by atoms with Crippen LogP contribution < -0.4 is 10.1 Å². The average molecular weight is 429 g/mol. The molecule has 3 rings (SSSR count). The molecule has 152 valence electrons. The monoisotopic (exact) mass is 429 g/mol. The number of nitrogens with zero attached hydrogens (tertiary/aromatic N) is 2. The molecule has 0 spiro atoms. The van der Waals surface area contributed by atoms with Gasteiger partial charge in [0.1, 0.15) is 17.4 Å². The molecule has 0 atom stereocenters. The molecule has 0 radical (unpaired) electrons. The standard InChI is InChI=1S/C21H14F3N3O2S/c1-13-11-16(29-20-15(12-25)3-2-10-26-20)6-9-18(13)27-19(28)14-4-7-17(8-5-14)30-21(22,23)24/h2-11H,1H3,(H,27,28). The number of halogens is 3. The van der Waals surface area contributed by atoms with Gasteiger partial charge >= 0.3 is 5.51 Å². The first-order valence-corrected chi connectivity index (χ1v) is 9.37. The van der Waals surface area contributed by atoms with Gasteiger partial charge in [-0.05, 0) is 78.8 Å². The highest BCUT2D eigenvalue weighted by Gasteiger charge is 2.29. The SMILES string of the molecule is Cc1cc(Oc2ncccc2C#N)ccc1NC(=O)c1ccc(SC(F)(F)F)cc1. The van der Waals surface area contributed by atoms with Gasteiger partial charge in [0, 0.05) is 22.3 Å². The maximum atomic E-state index is 12.4. The van der Waals surface area contributed by atoms with Gasteiger partial charge in [0.15, 0.2) is 0 Å². The number of hydrogen-bond acceptors (Lipinski definition) is 5. The van der Waals surface area contributed by atoms with E-state index in [9.17, 15) is 18.0 Å². The maximum absolute atomic E-state index is 12.4. The summed E-state index contributed by atoms with van der Waals surface area (Å²) in [6.07, 6.45) is 1.51. The van der Waals surface area contributed by atoms with Gasteiger partial charge in [0.05, 0.1) is 0 Å². The molecule has 1 heterocycles. The zero-order chi connectivity index (χ0) is 21.7. The Morgan fingerprint density at radius 2 is 1.90 bits per heavy atom. The van der Waals surface area contributed by atoms with Crippen molar-refractivity contribution in [3.63, 3.8) is 0 Å². The van der Waals surface area contributed by atoms with Crippen molar-refractivity contribution in [1.29, 1.82) is 5.26 Å². The highest BCUT2D eigenvalue weighted by Crippen LogP contribution is 2.36. The van der Waals surface area contributed by atoms with Gasteiger partial charge < -0.3 is 10.1 Å². The summed E-state index contributed by atoms with van der Waals surface area (Å²) in [6, 6.07) is 15.3. The van der Waals surface area contributed by atoms with Crippen LogP contribution >= 0.6 is 11.8 Å². The van der Waals surface area contributed by atoms with Crippen molar-refractivity contribution in [3.05, 3.63) is 77.5 Å². The third-order valence-corrected chi connectivity index (χ3v) is 4.64. The summed E-state index contributed by atoms with van der Waals surface area (Å²) in [5.41, 5.74) is -2.65. The molecule has 0 bridgehead atoms. The molecule has 1 amide bonds. The Kier molecular flexibility index (Phi) is 6.28. The predicted molar refractivity (Wildman–Crippen MR) is 107 cm³/mol. The van der Waals surface area contributed by atoms with Crippen LogP contribution in [0.25, 0.3) is 0 Å². The van der Waals surface area contributed by atoms with Crippen molar-refractivity contribution < 1.29 is 22.7 Å². The molecular formula is C21H14F3N3O2S. The molecule has 1 N–H and O–H groups in total. The first-order chi connectivity index (χ1) is 14.2. The Bertz CT molecular complexity index is 1110. The van der Waals surface area contributed by atoms with Crippen LogP contribution in [0, 0.1) is 18.3 Å². The molecule has 0 aliphatic rings. The molecule has 0 unspecified atom stereocenters. The molecule has 3 aromatic rings. The summed E-state index contributed by atoms with van der Waals surface area (Å²) < 4.78 is 42.8. The topological polar surface area (TPSA) is 75.0 Å². The number of alkyl halides is 3. The summed E-state index contributed by atoms with van der Waals surface area (Å²) in [5.74, 6) is 0.161. The minimum atomic E-state index is -4.38. The second kappa shape index (κ2) is 8.88. The van der Waals surface area contributed by atoms with Crippen molar-refractivity contribution in [2.75, 3.05) is 5.32 Å². The summed E-state index contributed by atoms with van der Waals surface area (Å²) in [6.45, 7) is 1.76. The number of nitrogens with one attached hydrogen (secondary N) is 1. The summed E-state index contributed by atoms with van der Waals surface area (Å²) in [7, 11) is 0. The smallest absolute Gasteiger partial charge is 0.438 e. The van der Waals surface area contributed by atoms with Gasteiger partial charge in [-0.2, -0.15) is 18.4 Å². The molecule has 9 heteroatoms. The van der Waals surface area contributed by atoms with E-state index in [4.69, 9.17) is 10.00 Å². The largest absolute Gasteiger partial charge is 0.446 e. The number of carbonyl (C=O) groups excluding carboxylic acids is 1. The van der Waals surface area contributed by atoms with E-state index in [1.807, 2.05) is 6.07 Å². The minimum Gasteiger partial charge on any atom is -0.438 e. The predicted octanol–water partition coefficient (Wildman–Crippen LogP) is 5.92. The van der Waals surface area contributed by atoms with E-state index >= 15 is 0 Å². The minimum absolute atomic E-state index is 0.00277. The van der Waals surface area contributed by atoms with Crippen LogP contribution in [-0.4, -0.2) is 16.4 Å². The van der Waals surface area contributed by atoms with Crippen LogP contribution in [0.4, 0.5) is 18.9 Å². The van der Waals surface area contributed by atoms with Crippen LogP contribution in [-0.2, 0) is 0 Å². The van der Waals surface area contributed by atoms with Crippen LogP contribution in [0.5, 0.6) is 11.6 Å². The zero-order valence-corrected chi connectivity index (χ0v) is 16.3. The summed E-state index contributed by atoms with van der Waals surface area (Å²) in [5, 5.41) is 11.8. The van der Waals surface area contributed by atoms with E-state index in [-0.39, 0.29) is 28.1 Å². The number of ether oxygens (including phenoxy) is 1. The van der Waals surface area contributed by atoms with Gasteiger partial charge in [-0.1, -0.05) is 0 Å². The number of rotatable bonds is 5. The third kappa shape index (κ3) is 5.52. The molecule has 0 saturated heterocycles.